The number of likely N-dealkylation sites (N-methyl/N-ethyl adjacent to an activating group) is 1. The fraction of sp³-hybridized carbons (Fsp3) is 0.611. The zero-order valence-electron chi connectivity index (χ0n) is 15.3. The summed E-state index contributed by atoms with van der Waals surface area (Å²) in [5.41, 5.74) is 0. The van der Waals surface area contributed by atoms with Gasteiger partial charge in [-0.25, -0.2) is 4.39 Å². The Morgan fingerprint density at radius 3 is 2.56 bits per heavy atom. The average molecular weight is 464 g/mol. The maximum Gasteiger partial charge on any atom is 0.191 e. The van der Waals surface area contributed by atoms with Gasteiger partial charge in [0.1, 0.15) is 17.7 Å². The Morgan fingerprint density at radius 1 is 1.32 bits per heavy atom. The van der Waals surface area contributed by atoms with Crippen LogP contribution < -0.4 is 15.4 Å². The summed E-state index contributed by atoms with van der Waals surface area (Å²) in [7, 11) is 1.76. The third kappa shape index (κ3) is 8.22. The lowest BCUT2D eigenvalue weighted by atomic mass is 10.3. The van der Waals surface area contributed by atoms with E-state index < -0.39 is 0 Å². The molecule has 7 heteroatoms. The zero-order chi connectivity index (χ0) is 17.4. The fourth-order valence-corrected chi connectivity index (χ4v) is 2.60. The van der Waals surface area contributed by atoms with Crippen LogP contribution in [0, 0.1) is 5.82 Å². The lowest BCUT2D eigenvalue weighted by Crippen LogP contribution is -2.44. The number of guanidine groups is 1. The van der Waals surface area contributed by atoms with E-state index in [1.807, 2.05) is 6.92 Å². The highest BCUT2D eigenvalue weighted by molar-refractivity contribution is 14.0. The Labute approximate surface area is 167 Å². The molecular formula is C18H30FIN4O. The predicted octanol–water partition coefficient (Wildman–Crippen LogP) is 2.86. The van der Waals surface area contributed by atoms with Crippen LogP contribution >= 0.6 is 24.0 Å². The van der Waals surface area contributed by atoms with E-state index in [-0.39, 0.29) is 35.9 Å². The smallest absolute Gasteiger partial charge is 0.191 e. The number of nitrogens with one attached hydrogen (secondary N) is 2. The number of hydrogen-bond donors (Lipinski definition) is 2. The monoisotopic (exact) mass is 464 g/mol. The summed E-state index contributed by atoms with van der Waals surface area (Å²) >= 11 is 0. The van der Waals surface area contributed by atoms with Gasteiger partial charge in [-0.3, -0.25) is 9.89 Å². The third-order valence-corrected chi connectivity index (χ3v) is 4.09. The standard InChI is InChI=1S/C18H29FN4O.HI/c1-4-23(16-7-8-16)12-11-21-18(20-3)22-13-14(2)24-17-9-5-15(19)6-10-17;/h5-6,9-10,14,16H,4,7-8,11-13H2,1-3H3,(H2,20,21,22);1H. The number of benzene rings is 1. The summed E-state index contributed by atoms with van der Waals surface area (Å²) in [4.78, 5) is 6.73. The molecule has 1 saturated carbocycles. The van der Waals surface area contributed by atoms with Crippen LogP contribution in [0.2, 0.25) is 0 Å². The maximum absolute atomic E-state index is 12.9. The molecule has 25 heavy (non-hydrogen) atoms. The minimum Gasteiger partial charge on any atom is -0.489 e. The highest BCUT2D eigenvalue weighted by atomic mass is 127. The first kappa shape index (κ1) is 22.0. The molecule has 1 unspecified atom stereocenters. The predicted molar refractivity (Wildman–Crippen MR) is 112 cm³/mol. The van der Waals surface area contributed by atoms with Gasteiger partial charge in [-0.05, 0) is 50.6 Å². The summed E-state index contributed by atoms with van der Waals surface area (Å²) in [5, 5.41) is 6.59. The Morgan fingerprint density at radius 2 is 2.00 bits per heavy atom. The molecule has 0 bridgehead atoms. The van der Waals surface area contributed by atoms with E-state index >= 15 is 0 Å². The zero-order valence-corrected chi connectivity index (χ0v) is 17.6. The van der Waals surface area contributed by atoms with Gasteiger partial charge in [0.15, 0.2) is 5.96 Å². The fourth-order valence-electron chi connectivity index (χ4n) is 2.60. The average Bonchev–Trinajstić information content (AvgIpc) is 3.41. The summed E-state index contributed by atoms with van der Waals surface area (Å²) in [6.07, 6.45) is 2.62. The molecule has 5 nitrogen and oxygen atoms in total. The summed E-state index contributed by atoms with van der Waals surface area (Å²) in [6.45, 7) is 7.80. The first-order valence-corrected chi connectivity index (χ1v) is 8.73. The first-order valence-electron chi connectivity index (χ1n) is 8.73. The molecule has 0 aliphatic heterocycles. The van der Waals surface area contributed by atoms with Crippen LogP contribution in [0.5, 0.6) is 5.75 Å². The SMILES string of the molecule is CCN(CCNC(=NC)NCC(C)Oc1ccc(F)cc1)C1CC1.I. The second-order valence-corrected chi connectivity index (χ2v) is 6.12. The highest BCUT2D eigenvalue weighted by Gasteiger charge is 2.27. The first-order chi connectivity index (χ1) is 11.6. The topological polar surface area (TPSA) is 48.9 Å². The molecule has 0 saturated heterocycles. The van der Waals surface area contributed by atoms with Crippen molar-refractivity contribution >= 4 is 29.9 Å². The van der Waals surface area contributed by atoms with Gasteiger partial charge in [0.25, 0.3) is 0 Å². The minimum atomic E-state index is -0.259. The van der Waals surface area contributed by atoms with Crippen molar-refractivity contribution in [3.05, 3.63) is 30.1 Å². The number of rotatable bonds is 9. The van der Waals surface area contributed by atoms with E-state index in [4.69, 9.17) is 4.74 Å². The number of nitrogens with zero attached hydrogens (tertiary/aromatic N) is 2. The van der Waals surface area contributed by atoms with Gasteiger partial charge in [-0.1, -0.05) is 6.92 Å². The summed E-state index contributed by atoms with van der Waals surface area (Å²) in [6, 6.07) is 6.85. The van der Waals surface area contributed by atoms with Crippen molar-refractivity contribution < 1.29 is 9.13 Å². The van der Waals surface area contributed by atoms with E-state index in [1.165, 1.54) is 25.0 Å². The van der Waals surface area contributed by atoms with Crippen molar-refractivity contribution in [1.29, 1.82) is 0 Å². The van der Waals surface area contributed by atoms with Gasteiger partial charge < -0.3 is 15.4 Å². The Kier molecular flexibility index (Phi) is 10.1. The van der Waals surface area contributed by atoms with Crippen LogP contribution in [0.3, 0.4) is 0 Å². The van der Waals surface area contributed by atoms with Crippen LogP contribution in [-0.2, 0) is 0 Å². The van der Waals surface area contributed by atoms with Gasteiger partial charge in [-0.15, -0.1) is 24.0 Å². The van der Waals surface area contributed by atoms with Crippen molar-refractivity contribution in [2.45, 2.75) is 38.8 Å². The van der Waals surface area contributed by atoms with Crippen LogP contribution in [0.25, 0.3) is 0 Å². The van der Waals surface area contributed by atoms with Crippen molar-refractivity contribution in [3.63, 3.8) is 0 Å². The molecule has 0 heterocycles. The molecule has 1 atom stereocenters. The molecule has 142 valence electrons. The minimum absolute atomic E-state index is 0. The molecule has 0 amide bonds. The van der Waals surface area contributed by atoms with Gasteiger partial charge in [-0.2, -0.15) is 0 Å². The Bertz CT molecular complexity index is 522. The van der Waals surface area contributed by atoms with Crippen LogP contribution in [-0.4, -0.2) is 56.2 Å². The van der Waals surface area contributed by atoms with Gasteiger partial charge in [0, 0.05) is 26.2 Å². The lowest BCUT2D eigenvalue weighted by molar-refractivity contribution is 0.223. The maximum atomic E-state index is 12.9. The molecule has 1 aliphatic rings. The second-order valence-electron chi connectivity index (χ2n) is 6.12. The molecule has 1 aromatic rings. The van der Waals surface area contributed by atoms with E-state index in [0.717, 1.165) is 31.6 Å². The summed E-state index contributed by atoms with van der Waals surface area (Å²) in [5.74, 6) is 1.18. The van der Waals surface area contributed by atoms with Gasteiger partial charge in [0.2, 0.25) is 0 Å². The molecule has 1 aromatic carbocycles. The van der Waals surface area contributed by atoms with Gasteiger partial charge >= 0.3 is 0 Å². The van der Waals surface area contributed by atoms with Crippen molar-refractivity contribution in [2.75, 3.05) is 33.2 Å². The molecule has 0 aromatic heterocycles. The number of halogens is 2. The van der Waals surface area contributed by atoms with Crippen molar-refractivity contribution in [1.82, 2.24) is 15.5 Å². The molecule has 2 rings (SSSR count). The molecule has 0 spiro atoms. The third-order valence-electron chi connectivity index (χ3n) is 4.09. The molecular weight excluding hydrogens is 434 g/mol. The van der Waals surface area contributed by atoms with Crippen molar-refractivity contribution in [3.8, 4) is 5.75 Å². The number of ether oxygens (including phenoxy) is 1. The van der Waals surface area contributed by atoms with E-state index in [0.29, 0.717) is 12.3 Å². The van der Waals surface area contributed by atoms with E-state index in [9.17, 15) is 4.39 Å². The van der Waals surface area contributed by atoms with Crippen LogP contribution in [0.1, 0.15) is 26.7 Å². The van der Waals surface area contributed by atoms with Crippen molar-refractivity contribution in [2.24, 2.45) is 4.99 Å². The second kappa shape index (κ2) is 11.5. The highest BCUT2D eigenvalue weighted by Crippen LogP contribution is 2.25. The van der Waals surface area contributed by atoms with Crippen LogP contribution in [0.15, 0.2) is 29.3 Å². The number of aliphatic imine (C=N–C) groups is 1. The molecule has 1 aliphatic carbocycles. The van der Waals surface area contributed by atoms with E-state index in [2.05, 4.69) is 27.4 Å². The van der Waals surface area contributed by atoms with E-state index in [1.54, 1.807) is 19.2 Å². The Balaban J connectivity index is 0.00000312. The molecule has 1 fully saturated rings. The number of hydrogen-bond acceptors (Lipinski definition) is 3. The Hall–Kier alpha value is -1.09. The quantitative estimate of drug-likeness (QED) is 0.335. The lowest BCUT2D eigenvalue weighted by Gasteiger charge is -2.21. The molecule has 2 N–H and O–H groups in total. The summed E-state index contributed by atoms with van der Waals surface area (Å²) < 4.78 is 18.6. The van der Waals surface area contributed by atoms with Gasteiger partial charge in [0.05, 0.1) is 6.54 Å². The normalized spacial score (nSPS) is 15.5. The largest absolute Gasteiger partial charge is 0.489 e. The van der Waals surface area contributed by atoms with Crippen LogP contribution in [0.4, 0.5) is 4.39 Å². The molecule has 0 radical (unpaired) electrons.